The number of aromatic amines is 1. The zero-order valence-electron chi connectivity index (χ0n) is 14.0. The first-order chi connectivity index (χ1) is 12.9. The van der Waals surface area contributed by atoms with E-state index in [2.05, 4.69) is 87.3 Å². The van der Waals surface area contributed by atoms with Gasteiger partial charge in [0.1, 0.15) is 5.65 Å². The Hall–Kier alpha value is -3.59. The van der Waals surface area contributed by atoms with Crippen molar-refractivity contribution >= 4 is 43.7 Å². The molecule has 0 amide bonds. The van der Waals surface area contributed by atoms with Crippen LogP contribution in [0.15, 0.2) is 85.1 Å². The van der Waals surface area contributed by atoms with Gasteiger partial charge in [-0.3, -0.25) is 0 Å². The van der Waals surface area contributed by atoms with Gasteiger partial charge in [-0.2, -0.15) is 0 Å². The normalized spacial score (nSPS) is 11.8. The molecule has 0 saturated carbocycles. The Labute approximate surface area is 149 Å². The van der Waals surface area contributed by atoms with E-state index in [-0.39, 0.29) is 0 Å². The molecular formula is C23H15N3. The summed E-state index contributed by atoms with van der Waals surface area (Å²) in [7, 11) is 0. The lowest BCUT2D eigenvalue weighted by atomic mass is 10.1. The molecular weight excluding hydrogens is 318 g/mol. The number of aromatic nitrogens is 3. The van der Waals surface area contributed by atoms with Crippen LogP contribution in [-0.4, -0.2) is 14.5 Å². The molecule has 3 aromatic heterocycles. The summed E-state index contributed by atoms with van der Waals surface area (Å²) in [4.78, 5) is 7.94. The number of H-pyrrole nitrogens is 1. The number of hydrogen-bond donors (Lipinski definition) is 1. The summed E-state index contributed by atoms with van der Waals surface area (Å²) in [5, 5.41) is 4.92. The van der Waals surface area contributed by atoms with Gasteiger partial charge in [-0.25, -0.2) is 4.98 Å². The molecule has 3 heterocycles. The maximum Gasteiger partial charge on any atom is 0.138 e. The Morgan fingerprint density at radius 2 is 1.46 bits per heavy atom. The van der Waals surface area contributed by atoms with Gasteiger partial charge in [-0.15, -0.1) is 0 Å². The highest BCUT2D eigenvalue weighted by Crippen LogP contribution is 2.36. The van der Waals surface area contributed by atoms with Crippen molar-refractivity contribution in [3.05, 3.63) is 85.1 Å². The molecule has 1 N–H and O–H groups in total. The highest BCUT2D eigenvalue weighted by Gasteiger charge is 2.14. The molecule has 3 aromatic carbocycles. The van der Waals surface area contributed by atoms with E-state index in [1.165, 1.54) is 38.3 Å². The number of hydrogen-bond acceptors (Lipinski definition) is 1. The van der Waals surface area contributed by atoms with Crippen molar-refractivity contribution in [1.82, 2.24) is 14.5 Å². The van der Waals surface area contributed by atoms with Crippen molar-refractivity contribution in [2.24, 2.45) is 0 Å². The van der Waals surface area contributed by atoms with Gasteiger partial charge in [0, 0.05) is 38.9 Å². The topological polar surface area (TPSA) is 33.6 Å². The molecule has 0 spiro atoms. The molecule has 0 aliphatic carbocycles. The van der Waals surface area contributed by atoms with Gasteiger partial charge in [0.2, 0.25) is 0 Å². The lowest BCUT2D eigenvalue weighted by Gasteiger charge is -2.07. The maximum absolute atomic E-state index is 4.47. The van der Waals surface area contributed by atoms with E-state index in [1.54, 1.807) is 0 Å². The molecule has 0 aliphatic heterocycles. The number of rotatable bonds is 1. The average molecular weight is 333 g/mol. The molecule has 0 bridgehead atoms. The molecule has 0 aliphatic rings. The third-order valence-corrected chi connectivity index (χ3v) is 5.18. The van der Waals surface area contributed by atoms with Gasteiger partial charge >= 0.3 is 0 Å². The first kappa shape index (κ1) is 13.7. The van der Waals surface area contributed by atoms with E-state index in [4.69, 9.17) is 0 Å². The largest absolute Gasteiger partial charge is 0.339 e. The quantitative estimate of drug-likeness (QED) is 0.404. The molecule has 3 nitrogen and oxygen atoms in total. The molecule has 0 fully saturated rings. The van der Waals surface area contributed by atoms with Crippen LogP contribution >= 0.6 is 0 Å². The smallest absolute Gasteiger partial charge is 0.138 e. The Morgan fingerprint density at radius 3 is 2.38 bits per heavy atom. The van der Waals surface area contributed by atoms with Crippen molar-refractivity contribution in [3.63, 3.8) is 0 Å². The standard InChI is InChI=1S/C23H15N3/c1-2-7-15(8-3-1)26-21-11-5-4-9-16(21)19-13-18-17-10-6-12-24-23(17)25-20(18)14-22(19)26/h1-14H,(H,24,25). The van der Waals surface area contributed by atoms with Crippen LogP contribution in [-0.2, 0) is 0 Å². The minimum atomic E-state index is 0.936. The van der Waals surface area contributed by atoms with Crippen molar-refractivity contribution < 1.29 is 0 Å². The van der Waals surface area contributed by atoms with E-state index in [9.17, 15) is 0 Å². The number of pyridine rings is 1. The van der Waals surface area contributed by atoms with E-state index >= 15 is 0 Å². The Balaban J connectivity index is 1.85. The van der Waals surface area contributed by atoms with Gasteiger partial charge < -0.3 is 9.55 Å². The Bertz CT molecular complexity index is 1420. The minimum absolute atomic E-state index is 0.936. The van der Waals surface area contributed by atoms with Crippen LogP contribution in [0.3, 0.4) is 0 Å². The van der Waals surface area contributed by atoms with E-state index in [0.717, 1.165) is 11.2 Å². The van der Waals surface area contributed by atoms with Crippen molar-refractivity contribution in [2.45, 2.75) is 0 Å². The molecule has 0 unspecified atom stereocenters. The fourth-order valence-electron chi connectivity index (χ4n) is 4.05. The fraction of sp³-hybridized carbons (Fsp3) is 0. The molecule has 0 radical (unpaired) electrons. The van der Waals surface area contributed by atoms with Crippen LogP contribution in [0.1, 0.15) is 0 Å². The SMILES string of the molecule is c1ccc(-n2c3ccccc3c3cc4c(cc32)[nH]c2ncccc24)cc1. The fourth-order valence-corrected chi connectivity index (χ4v) is 4.05. The van der Waals surface area contributed by atoms with Gasteiger partial charge in [-0.1, -0.05) is 36.4 Å². The first-order valence-electron chi connectivity index (χ1n) is 8.75. The van der Waals surface area contributed by atoms with Gasteiger partial charge in [-0.05, 0) is 42.5 Å². The van der Waals surface area contributed by atoms with Crippen LogP contribution in [0.5, 0.6) is 0 Å². The summed E-state index contributed by atoms with van der Waals surface area (Å²) < 4.78 is 2.34. The summed E-state index contributed by atoms with van der Waals surface area (Å²) in [5.41, 5.74) is 5.66. The van der Waals surface area contributed by atoms with Crippen LogP contribution < -0.4 is 0 Å². The third kappa shape index (κ3) is 1.74. The van der Waals surface area contributed by atoms with E-state index in [1.807, 2.05) is 12.3 Å². The molecule has 0 saturated heterocycles. The minimum Gasteiger partial charge on any atom is -0.339 e. The average Bonchev–Trinajstić information content (AvgIpc) is 3.22. The van der Waals surface area contributed by atoms with Crippen LogP contribution in [0.4, 0.5) is 0 Å². The number of nitrogens with zero attached hydrogens (tertiary/aromatic N) is 2. The van der Waals surface area contributed by atoms with Gasteiger partial charge in [0.05, 0.1) is 11.0 Å². The van der Waals surface area contributed by atoms with Gasteiger partial charge in [0.15, 0.2) is 0 Å². The second-order valence-electron chi connectivity index (χ2n) is 6.63. The van der Waals surface area contributed by atoms with E-state index < -0.39 is 0 Å². The van der Waals surface area contributed by atoms with Crippen LogP contribution in [0.2, 0.25) is 0 Å². The van der Waals surface area contributed by atoms with Crippen molar-refractivity contribution in [2.75, 3.05) is 0 Å². The monoisotopic (exact) mass is 333 g/mol. The first-order valence-corrected chi connectivity index (χ1v) is 8.75. The van der Waals surface area contributed by atoms with Gasteiger partial charge in [0.25, 0.3) is 0 Å². The van der Waals surface area contributed by atoms with Crippen molar-refractivity contribution in [3.8, 4) is 5.69 Å². The second kappa shape index (κ2) is 4.96. The third-order valence-electron chi connectivity index (χ3n) is 5.18. The van der Waals surface area contributed by atoms with E-state index in [0.29, 0.717) is 0 Å². The number of benzene rings is 3. The Kier molecular flexibility index (Phi) is 2.61. The molecule has 26 heavy (non-hydrogen) atoms. The zero-order valence-corrected chi connectivity index (χ0v) is 14.0. The van der Waals surface area contributed by atoms with Crippen LogP contribution in [0, 0.1) is 0 Å². The molecule has 122 valence electrons. The molecule has 3 heteroatoms. The lowest BCUT2D eigenvalue weighted by molar-refractivity contribution is 1.18. The number of para-hydroxylation sites is 2. The molecule has 6 rings (SSSR count). The van der Waals surface area contributed by atoms with Crippen LogP contribution in [0.25, 0.3) is 49.4 Å². The summed E-state index contributed by atoms with van der Waals surface area (Å²) in [6.07, 6.45) is 1.83. The highest BCUT2D eigenvalue weighted by molar-refractivity contribution is 6.17. The van der Waals surface area contributed by atoms with Crippen molar-refractivity contribution in [1.29, 1.82) is 0 Å². The summed E-state index contributed by atoms with van der Waals surface area (Å²) >= 11 is 0. The number of nitrogens with one attached hydrogen (secondary N) is 1. The maximum atomic E-state index is 4.47. The highest BCUT2D eigenvalue weighted by atomic mass is 15.0. The Morgan fingerprint density at radius 1 is 0.654 bits per heavy atom. The predicted molar refractivity (Wildman–Crippen MR) is 108 cm³/mol. The molecule has 0 atom stereocenters. The zero-order chi connectivity index (χ0) is 17.1. The summed E-state index contributed by atoms with van der Waals surface area (Å²) in [5.74, 6) is 0. The second-order valence-corrected chi connectivity index (χ2v) is 6.63. The number of fused-ring (bicyclic) bond motifs is 6. The summed E-state index contributed by atoms with van der Waals surface area (Å²) in [6.45, 7) is 0. The lowest BCUT2D eigenvalue weighted by Crippen LogP contribution is -1.92. The summed E-state index contributed by atoms with van der Waals surface area (Å²) in [6, 6.07) is 27.8. The predicted octanol–water partition coefficient (Wildman–Crippen LogP) is 5.81. The molecule has 6 aromatic rings.